The van der Waals surface area contributed by atoms with Crippen LogP contribution in [0.3, 0.4) is 0 Å². The highest BCUT2D eigenvalue weighted by molar-refractivity contribution is 5.48. The molecule has 0 aliphatic rings. The molecule has 2 N–H and O–H groups in total. The minimum atomic E-state index is -0.675. The second-order valence-electron chi connectivity index (χ2n) is 4.19. The van der Waals surface area contributed by atoms with Crippen molar-refractivity contribution in [3.05, 3.63) is 29.6 Å². The number of anilines is 1. The quantitative estimate of drug-likeness (QED) is 0.779. The lowest BCUT2D eigenvalue weighted by Crippen LogP contribution is -2.25. The predicted octanol–water partition coefficient (Wildman–Crippen LogP) is 2.02. The van der Waals surface area contributed by atoms with Crippen molar-refractivity contribution in [1.29, 1.82) is 0 Å². The maximum atomic E-state index is 13.6. The van der Waals surface area contributed by atoms with Gasteiger partial charge in [0.2, 0.25) is 0 Å². The lowest BCUT2D eigenvalue weighted by molar-refractivity contribution is -0.0238. The Morgan fingerprint density at radius 1 is 1.33 bits per heavy atom. The molecule has 0 radical (unpaired) electrons. The van der Waals surface area contributed by atoms with E-state index in [1.165, 1.54) is 6.07 Å². The van der Waals surface area contributed by atoms with Gasteiger partial charge in [-0.15, -0.1) is 0 Å². The third-order valence-corrected chi connectivity index (χ3v) is 2.42. The first-order chi connectivity index (χ1) is 6.88. The number of benzene rings is 1. The van der Waals surface area contributed by atoms with Crippen LogP contribution in [-0.2, 0) is 10.4 Å². The van der Waals surface area contributed by atoms with Crippen molar-refractivity contribution in [3.8, 4) is 0 Å². The molecule has 1 aromatic rings. The molecule has 84 valence electrons. The zero-order valence-electron chi connectivity index (χ0n) is 9.54. The molecule has 0 bridgehead atoms. The fraction of sp³-hybridized carbons (Fsp3) is 0.455. The van der Waals surface area contributed by atoms with Crippen LogP contribution in [0.1, 0.15) is 19.4 Å². The smallest absolute Gasteiger partial charge is 0.146 e. The number of rotatable bonds is 3. The summed E-state index contributed by atoms with van der Waals surface area (Å²) in [7, 11) is 3.59. The van der Waals surface area contributed by atoms with Crippen molar-refractivity contribution in [2.75, 3.05) is 19.0 Å². The van der Waals surface area contributed by atoms with E-state index < -0.39 is 5.60 Å². The van der Waals surface area contributed by atoms with Gasteiger partial charge in [-0.3, -0.25) is 4.84 Å². The zero-order chi connectivity index (χ0) is 11.6. The minimum absolute atomic E-state index is 0.275. The van der Waals surface area contributed by atoms with Gasteiger partial charge in [0.1, 0.15) is 11.4 Å². The van der Waals surface area contributed by atoms with Crippen LogP contribution in [0.2, 0.25) is 0 Å². The zero-order valence-corrected chi connectivity index (χ0v) is 9.54. The average Bonchev–Trinajstić information content (AvgIpc) is 2.17. The Morgan fingerprint density at radius 3 is 2.33 bits per heavy atom. The normalized spacial score (nSPS) is 11.6. The molecule has 0 spiro atoms. The summed E-state index contributed by atoms with van der Waals surface area (Å²) in [5, 5.41) is 0. The molecule has 0 aromatic heterocycles. The molecule has 1 aromatic carbocycles. The Hall–Kier alpha value is -1.13. The highest BCUT2D eigenvalue weighted by Gasteiger charge is 2.21. The summed E-state index contributed by atoms with van der Waals surface area (Å²) >= 11 is 0. The highest BCUT2D eigenvalue weighted by atomic mass is 19.1. The average molecular weight is 212 g/mol. The summed E-state index contributed by atoms with van der Waals surface area (Å²) < 4.78 is 13.6. The summed E-state index contributed by atoms with van der Waals surface area (Å²) in [5.41, 5.74) is 0.589. The number of halogens is 1. The standard InChI is InChI=1S/C11H17FN2O/c1-11(2,15-13)8-5-6-10(14(3)4)9(12)7-8/h5-7H,13H2,1-4H3. The van der Waals surface area contributed by atoms with E-state index in [1.807, 2.05) is 6.07 Å². The molecule has 0 unspecified atom stereocenters. The molecule has 15 heavy (non-hydrogen) atoms. The van der Waals surface area contributed by atoms with Gasteiger partial charge in [0, 0.05) is 14.1 Å². The second kappa shape index (κ2) is 4.16. The minimum Gasteiger partial charge on any atom is -0.375 e. The van der Waals surface area contributed by atoms with Crippen molar-refractivity contribution in [2.24, 2.45) is 5.90 Å². The Balaban J connectivity index is 3.12. The fourth-order valence-corrected chi connectivity index (χ4v) is 1.31. The van der Waals surface area contributed by atoms with Gasteiger partial charge in [0.15, 0.2) is 0 Å². The van der Waals surface area contributed by atoms with E-state index in [2.05, 4.69) is 0 Å². The molecule has 0 amide bonds. The van der Waals surface area contributed by atoms with Gasteiger partial charge >= 0.3 is 0 Å². The predicted molar refractivity (Wildman–Crippen MR) is 59.0 cm³/mol. The van der Waals surface area contributed by atoms with Gasteiger partial charge in [-0.25, -0.2) is 10.3 Å². The molecule has 0 aliphatic heterocycles. The summed E-state index contributed by atoms with van der Waals surface area (Å²) in [5.74, 6) is 4.88. The van der Waals surface area contributed by atoms with Crippen LogP contribution < -0.4 is 10.8 Å². The first kappa shape index (κ1) is 11.9. The second-order valence-corrected chi connectivity index (χ2v) is 4.19. The van der Waals surface area contributed by atoms with Crippen LogP contribution >= 0.6 is 0 Å². The summed E-state index contributed by atoms with van der Waals surface area (Å²) in [4.78, 5) is 6.52. The lowest BCUT2D eigenvalue weighted by Gasteiger charge is -2.23. The molecular weight excluding hydrogens is 195 g/mol. The molecule has 0 heterocycles. The molecule has 0 saturated carbocycles. The Morgan fingerprint density at radius 2 is 1.93 bits per heavy atom. The van der Waals surface area contributed by atoms with E-state index >= 15 is 0 Å². The van der Waals surface area contributed by atoms with Crippen molar-refractivity contribution in [1.82, 2.24) is 0 Å². The molecule has 0 saturated heterocycles. The van der Waals surface area contributed by atoms with E-state index in [0.29, 0.717) is 11.3 Å². The monoisotopic (exact) mass is 212 g/mol. The van der Waals surface area contributed by atoms with Gasteiger partial charge in [0.05, 0.1) is 5.69 Å². The molecule has 3 nitrogen and oxygen atoms in total. The largest absolute Gasteiger partial charge is 0.375 e. The van der Waals surface area contributed by atoms with Crippen molar-refractivity contribution in [2.45, 2.75) is 19.4 Å². The number of hydrogen-bond donors (Lipinski definition) is 1. The third-order valence-electron chi connectivity index (χ3n) is 2.42. The topological polar surface area (TPSA) is 38.5 Å². The van der Waals surface area contributed by atoms with Crippen LogP contribution in [0.15, 0.2) is 18.2 Å². The first-order valence-electron chi connectivity index (χ1n) is 4.73. The molecule has 0 atom stereocenters. The number of nitrogens with zero attached hydrogens (tertiary/aromatic N) is 1. The van der Waals surface area contributed by atoms with Gasteiger partial charge in [-0.2, -0.15) is 0 Å². The Bertz CT molecular complexity index is 350. The van der Waals surface area contributed by atoms with Crippen LogP contribution in [0.25, 0.3) is 0 Å². The van der Waals surface area contributed by atoms with Gasteiger partial charge in [-0.05, 0) is 31.5 Å². The van der Waals surface area contributed by atoms with Crippen molar-refractivity contribution in [3.63, 3.8) is 0 Å². The van der Waals surface area contributed by atoms with Crippen molar-refractivity contribution < 1.29 is 9.23 Å². The summed E-state index contributed by atoms with van der Waals surface area (Å²) in [6.45, 7) is 3.58. The highest BCUT2D eigenvalue weighted by Crippen LogP contribution is 2.27. The van der Waals surface area contributed by atoms with Gasteiger partial charge in [0.25, 0.3) is 0 Å². The van der Waals surface area contributed by atoms with Crippen LogP contribution in [-0.4, -0.2) is 14.1 Å². The molecule has 0 aliphatic carbocycles. The third kappa shape index (κ3) is 2.46. The van der Waals surface area contributed by atoms with E-state index in [-0.39, 0.29) is 5.82 Å². The van der Waals surface area contributed by atoms with E-state index in [1.54, 1.807) is 38.9 Å². The Labute approximate surface area is 89.6 Å². The number of nitrogens with two attached hydrogens (primary N) is 1. The summed E-state index contributed by atoms with van der Waals surface area (Å²) in [6.07, 6.45) is 0. The van der Waals surface area contributed by atoms with Crippen LogP contribution in [0.5, 0.6) is 0 Å². The maximum absolute atomic E-state index is 13.6. The van der Waals surface area contributed by atoms with Crippen LogP contribution in [0.4, 0.5) is 10.1 Å². The lowest BCUT2D eigenvalue weighted by atomic mass is 9.98. The summed E-state index contributed by atoms with van der Waals surface area (Å²) in [6, 6.07) is 4.97. The Kier molecular flexibility index (Phi) is 3.31. The van der Waals surface area contributed by atoms with E-state index in [4.69, 9.17) is 10.7 Å². The number of hydrogen-bond acceptors (Lipinski definition) is 3. The molecule has 4 heteroatoms. The van der Waals surface area contributed by atoms with E-state index in [9.17, 15) is 4.39 Å². The van der Waals surface area contributed by atoms with Gasteiger partial charge in [-0.1, -0.05) is 6.07 Å². The molecule has 0 fully saturated rings. The fourth-order valence-electron chi connectivity index (χ4n) is 1.31. The first-order valence-corrected chi connectivity index (χ1v) is 4.73. The van der Waals surface area contributed by atoms with Crippen molar-refractivity contribution >= 4 is 5.69 Å². The molecule has 1 rings (SSSR count). The van der Waals surface area contributed by atoms with Crippen LogP contribution in [0, 0.1) is 5.82 Å². The SMILES string of the molecule is CN(C)c1ccc(C(C)(C)ON)cc1F. The molecular formula is C11H17FN2O. The maximum Gasteiger partial charge on any atom is 0.146 e. The van der Waals surface area contributed by atoms with E-state index in [0.717, 1.165) is 0 Å². The van der Waals surface area contributed by atoms with Gasteiger partial charge < -0.3 is 4.90 Å².